The highest BCUT2D eigenvalue weighted by molar-refractivity contribution is 7.99. The predicted octanol–water partition coefficient (Wildman–Crippen LogP) is 2.13. The van der Waals surface area contributed by atoms with Crippen LogP contribution in [0.2, 0.25) is 0 Å². The molecule has 0 spiro atoms. The fraction of sp³-hybridized carbons (Fsp3) is 0.917. The fourth-order valence-electron chi connectivity index (χ4n) is 2.52. The minimum Gasteiger partial charge on any atom is -0.481 e. The third kappa shape index (κ3) is 3.36. The maximum atomic E-state index is 10.5. The molecule has 1 N–H and O–H groups in total. The van der Waals surface area contributed by atoms with Crippen LogP contribution >= 0.6 is 11.8 Å². The largest absolute Gasteiger partial charge is 0.481 e. The van der Waals surface area contributed by atoms with Crippen molar-refractivity contribution in [1.29, 1.82) is 0 Å². The second kappa shape index (κ2) is 5.59. The molecule has 2 heterocycles. The van der Waals surface area contributed by atoms with E-state index in [0.29, 0.717) is 18.9 Å². The Kier molecular flexibility index (Phi) is 4.33. The van der Waals surface area contributed by atoms with Crippen LogP contribution in [0, 0.1) is 5.92 Å². The molecule has 2 aliphatic rings. The van der Waals surface area contributed by atoms with Crippen LogP contribution < -0.4 is 0 Å². The van der Waals surface area contributed by atoms with Gasteiger partial charge in [-0.3, -0.25) is 4.79 Å². The van der Waals surface area contributed by atoms with Gasteiger partial charge in [-0.15, -0.1) is 0 Å². The molecule has 0 saturated carbocycles. The standard InChI is InChI=1S/C12H20O4S/c1-12(9-4-6-17-7-5-9)15-8-10(16-12)2-3-11(13)14/h9-10H,2-8H2,1H3,(H,13,14). The summed E-state index contributed by atoms with van der Waals surface area (Å²) in [6, 6.07) is 0. The zero-order valence-corrected chi connectivity index (χ0v) is 11.0. The summed E-state index contributed by atoms with van der Waals surface area (Å²) in [6.07, 6.45) is 2.92. The summed E-state index contributed by atoms with van der Waals surface area (Å²) < 4.78 is 11.7. The topological polar surface area (TPSA) is 55.8 Å². The molecule has 17 heavy (non-hydrogen) atoms. The zero-order valence-electron chi connectivity index (χ0n) is 10.2. The van der Waals surface area contributed by atoms with Crippen LogP contribution in [0.5, 0.6) is 0 Å². The molecule has 2 aliphatic heterocycles. The van der Waals surface area contributed by atoms with Gasteiger partial charge in [-0.05, 0) is 37.7 Å². The molecule has 98 valence electrons. The number of aliphatic carboxylic acids is 1. The Morgan fingerprint density at radius 3 is 2.82 bits per heavy atom. The van der Waals surface area contributed by atoms with Gasteiger partial charge in [-0.25, -0.2) is 0 Å². The summed E-state index contributed by atoms with van der Waals surface area (Å²) in [6.45, 7) is 2.54. The van der Waals surface area contributed by atoms with Crippen molar-refractivity contribution in [3.8, 4) is 0 Å². The van der Waals surface area contributed by atoms with Gasteiger partial charge in [-0.2, -0.15) is 11.8 Å². The first kappa shape index (κ1) is 13.2. The molecule has 2 atom stereocenters. The van der Waals surface area contributed by atoms with E-state index < -0.39 is 11.8 Å². The summed E-state index contributed by atoms with van der Waals surface area (Å²) >= 11 is 1.98. The second-order valence-electron chi connectivity index (χ2n) is 4.89. The van der Waals surface area contributed by atoms with E-state index in [0.717, 1.165) is 12.8 Å². The average Bonchev–Trinajstić information content (AvgIpc) is 2.71. The van der Waals surface area contributed by atoms with E-state index in [1.165, 1.54) is 11.5 Å². The van der Waals surface area contributed by atoms with Crippen LogP contribution in [0.15, 0.2) is 0 Å². The molecule has 0 amide bonds. The van der Waals surface area contributed by atoms with Crippen LogP contribution in [0.25, 0.3) is 0 Å². The van der Waals surface area contributed by atoms with Gasteiger partial charge in [0.1, 0.15) is 0 Å². The Morgan fingerprint density at radius 1 is 1.47 bits per heavy atom. The quantitative estimate of drug-likeness (QED) is 0.839. The highest BCUT2D eigenvalue weighted by Crippen LogP contribution is 2.39. The summed E-state index contributed by atoms with van der Waals surface area (Å²) in [7, 11) is 0. The molecule has 5 heteroatoms. The monoisotopic (exact) mass is 260 g/mol. The number of ether oxygens (including phenoxy) is 2. The molecule has 2 unspecified atom stereocenters. The molecular weight excluding hydrogens is 240 g/mol. The van der Waals surface area contributed by atoms with E-state index in [1.54, 1.807) is 0 Å². The van der Waals surface area contributed by atoms with Crippen LogP contribution in [-0.4, -0.2) is 41.1 Å². The molecule has 4 nitrogen and oxygen atoms in total. The number of thioether (sulfide) groups is 1. The van der Waals surface area contributed by atoms with Crippen molar-refractivity contribution in [2.75, 3.05) is 18.1 Å². The number of carboxylic acids is 1. The van der Waals surface area contributed by atoms with E-state index in [9.17, 15) is 4.79 Å². The third-order valence-electron chi connectivity index (χ3n) is 3.60. The molecule has 0 aromatic carbocycles. The van der Waals surface area contributed by atoms with Gasteiger partial charge in [0.05, 0.1) is 12.7 Å². The molecule has 0 radical (unpaired) electrons. The number of carboxylic acid groups (broad SMARTS) is 1. The highest BCUT2D eigenvalue weighted by Gasteiger charge is 2.43. The van der Waals surface area contributed by atoms with Crippen LogP contribution in [-0.2, 0) is 14.3 Å². The molecule has 0 bridgehead atoms. The first-order chi connectivity index (χ1) is 8.10. The van der Waals surface area contributed by atoms with Crippen molar-refractivity contribution in [3.05, 3.63) is 0 Å². The maximum Gasteiger partial charge on any atom is 0.303 e. The lowest BCUT2D eigenvalue weighted by atomic mass is 9.94. The highest BCUT2D eigenvalue weighted by atomic mass is 32.2. The van der Waals surface area contributed by atoms with Gasteiger partial charge in [0, 0.05) is 12.3 Å². The minimum absolute atomic E-state index is 0.0503. The second-order valence-corrected chi connectivity index (χ2v) is 6.11. The van der Waals surface area contributed by atoms with Crippen LogP contribution in [0.1, 0.15) is 32.6 Å². The fourth-order valence-corrected chi connectivity index (χ4v) is 3.63. The summed E-state index contributed by atoms with van der Waals surface area (Å²) in [5.74, 6) is 1.55. The number of carbonyl (C=O) groups is 1. The van der Waals surface area contributed by atoms with Crippen molar-refractivity contribution in [2.45, 2.75) is 44.5 Å². The molecule has 0 aliphatic carbocycles. The summed E-state index contributed by atoms with van der Waals surface area (Å²) in [5, 5.41) is 8.65. The Labute approximate surface area is 106 Å². The smallest absolute Gasteiger partial charge is 0.303 e. The van der Waals surface area contributed by atoms with Crippen molar-refractivity contribution in [3.63, 3.8) is 0 Å². The third-order valence-corrected chi connectivity index (χ3v) is 4.65. The number of hydrogen-bond donors (Lipinski definition) is 1. The van der Waals surface area contributed by atoms with Crippen molar-refractivity contribution in [1.82, 2.24) is 0 Å². The first-order valence-corrected chi connectivity index (χ1v) is 7.37. The Hall–Kier alpha value is -0.260. The average molecular weight is 260 g/mol. The molecule has 0 aromatic rings. The van der Waals surface area contributed by atoms with Crippen molar-refractivity contribution < 1.29 is 19.4 Å². The van der Waals surface area contributed by atoms with E-state index >= 15 is 0 Å². The lowest BCUT2D eigenvalue weighted by Crippen LogP contribution is -2.38. The number of hydrogen-bond acceptors (Lipinski definition) is 4. The van der Waals surface area contributed by atoms with Crippen LogP contribution in [0.3, 0.4) is 0 Å². The Balaban J connectivity index is 1.84. The van der Waals surface area contributed by atoms with E-state index in [2.05, 4.69) is 0 Å². The molecule has 2 rings (SSSR count). The molecule has 2 fully saturated rings. The van der Waals surface area contributed by atoms with Gasteiger partial charge >= 0.3 is 5.97 Å². The minimum atomic E-state index is -0.767. The number of rotatable bonds is 4. The Bertz CT molecular complexity index is 278. The van der Waals surface area contributed by atoms with E-state index in [4.69, 9.17) is 14.6 Å². The first-order valence-electron chi connectivity index (χ1n) is 6.21. The van der Waals surface area contributed by atoms with Gasteiger partial charge in [0.2, 0.25) is 0 Å². The molecular formula is C12H20O4S. The molecule has 0 aromatic heterocycles. The Morgan fingerprint density at radius 2 is 2.18 bits per heavy atom. The van der Waals surface area contributed by atoms with Gasteiger partial charge in [-0.1, -0.05) is 0 Å². The normalized spacial score (nSPS) is 35.0. The predicted molar refractivity (Wildman–Crippen MR) is 66.1 cm³/mol. The zero-order chi connectivity index (χ0) is 12.3. The SMILES string of the molecule is CC1(C2CCSCC2)OCC(CCC(=O)O)O1. The lowest BCUT2D eigenvalue weighted by molar-refractivity contribution is -0.193. The van der Waals surface area contributed by atoms with Gasteiger partial charge in [0.15, 0.2) is 5.79 Å². The van der Waals surface area contributed by atoms with Crippen molar-refractivity contribution in [2.24, 2.45) is 5.92 Å². The van der Waals surface area contributed by atoms with Gasteiger partial charge < -0.3 is 14.6 Å². The molecule has 2 saturated heterocycles. The lowest BCUT2D eigenvalue weighted by Gasteiger charge is -2.35. The van der Waals surface area contributed by atoms with E-state index in [1.807, 2.05) is 18.7 Å². The van der Waals surface area contributed by atoms with Gasteiger partial charge in [0.25, 0.3) is 0 Å². The van der Waals surface area contributed by atoms with Crippen LogP contribution in [0.4, 0.5) is 0 Å². The summed E-state index contributed by atoms with van der Waals surface area (Å²) in [5.41, 5.74) is 0. The van der Waals surface area contributed by atoms with E-state index in [-0.39, 0.29) is 12.5 Å². The maximum absolute atomic E-state index is 10.5. The summed E-state index contributed by atoms with van der Waals surface area (Å²) in [4.78, 5) is 10.5. The van der Waals surface area contributed by atoms with Crippen molar-refractivity contribution >= 4 is 17.7 Å².